The molecule has 0 aromatic rings. The van der Waals surface area contributed by atoms with E-state index < -0.39 is 11.7 Å². The lowest BCUT2D eigenvalue weighted by molar-refractivity contribution is -0.185. The molecule has 0 saturated heterocycles. The number of carbonyl (C=O) groups is 2. The molecule has 4 rings (SSSR count). The number of carbonyl (C=O) groups excluding carboxylic acids is 2. The van der Waals surface area contributed by atoms with E-state index in [0.717, 1.165) is 42.7 Å². The number of aliphatic hydroxyl groups excluding tert-OH is 1. The largest absolute Gasteiger partial charge is 0.451 e. The van der Waals surface area contributed by atoms with E-state index in [-0.39, 0.29) is 34.4 Å². The molecule has 0 amide bonds. The molecule has 1 N–H and O–H groups in total. The number of aliphatic hydroxyl groups is 1. The molecule has 2 fully saturated rings. The van der Waals surface area contributed by atoms with Crippen molar-refractivity contribution in [2.75, 3.05) is 0 Å². The third kappa shape index (κ3) is 2.53. The van der Waals surface area contributed by atoms with Crippen LogP contribution in [0.15, 0.2) is 22.8 Å². The van der Waals surface area contributed by atoms with Gasteiger partial charge >= 0.3 is 5.97 Å². The van der Waals surface area contributed by atoms with Crippen molar-refractivity contribution in [1.29, 1.82) is 0 Å². The van der Waals surface area contributed by atoms with Crippen LogP contribution in [0.5, 0.6) is 0 Å². The third-order valence-electron chi connectivity index (χ3n) is 8.69. The molecule has 7 atom stereocenters. The van der Waals surface area contributed by atoms with E-state index in [1.54, 1.807) is 6.92 Å². The van der Waals surface area contributed by atoms with Crippen molar-refractivity contribution >= 4 is 23.4 Å². The summed E-state index contributed by atoms with van der Waals surface area (Å²) in [7, 11) is 0. The molecule has 4 aliphatic rings. The van der Waals surface area contributed by atoms with Crippen molar-refractivity contribution in [3.8, 4) is 0 Å². The van der Waals surface area contributed by atoms with Gasteiger partial charge in [-0.25, -0.2) is 0 Å². The molecule has 154 valence electrons. The first-order valence-electron chi connectivity index (χ1n) is 10.5. The number of hydrogen-bond donors (Lipinski definition) is 1. The maximum Gasteiger partial charge on any atom is 0.303 e. The maximum atomic E-state index is 12.8. The van der Waals surface area contributed by atoms with Crippen LogP contribution in [0.2, 0.25) is 0 Å². The average molecular weight is 407 g/mol. The van der Waals surface area contributed by atoms with Crippen LogP contribution in [-0.2, 0) is 14.3 Å². The van der Waals surface area contributed by atoms with Crippen LogP contribution in [0.3, 0.4) is 0 Å². The number of halogens is 1. The number of esters is 1. The van der Waals surface area contributed by atoms with Crippen molar-refractivity contribution in [1.82, 2.24) is 0 Å². The second-order valence-corrected chi connectivity index (χ2v) is 10.3. The number of fused-ring (bicyclic) bond motifs is 5. The molecule has 4 aliphatic carbocycles. The van der Waals surface area contributed by atoms with Gasteiger partial charge in [-0.1, -0.05) is 37.6 Å². The Morgan fingerprint density at radius 1 is 1.07 bits per heavy atom. The number of ether oxygens (including phenoxy) is 1. The Morgan fingerprint density at radius 2 is 1.75 bits per heavy atom. The summed E-state index contributed by atoms with van der Waals surface area (Å²) in [6.07, 6.45) is 8.68. The minimum atomic E-state index is -1.02. The molecule has 5 heteroatoms. The van der Waals surface area contributed by atoms with Crippen LogP contribution in [0.1, 0.15) is 66.2 Å². The maximum absolute atomic E-state index is 12.8. The fourth-order valence-electron chi connectivity index (χ4n) is 7.28. The fraction of sp³-hybridized carbons (Fsp3) is 0.739. The highest BCUT2D eigenvalue weighted by molar-refractivity contribution is 6.32. The molecular weight excluding hydrogens is 376 g/mol. The quantitative estimate of drug-likeness (QED) is 0.683. The Labute approximate surface area is 172 Å². The van der Waals surface area contributed by atoms with E-state index in [1.807, 2.05) is 6.08 Å². The first-order chi connectivity index (χ1) is 13.0. The monoisotopic (exact) mass is 406 g/mol. The zero-order valence-corrected chi connectivity index (χ0v) is 18.0. The molecule has 4 nitrogen and oxygen atoms in total. The van der Waals surface area contributed by atoms with Crippen LogP contribution in [0.25, 0.3) is 0 Å². The van der Waals surface area contributed by atoms with Crippen molar-refractivity contribution < 1.29 is 19.4 Å². The Kier molecular flexibility index (Phi) is 4.63. The second-order valence-electron chi connectivity index (χ2n) is 9.88. The second kappa shape index (κ2) is 6.43. The number of rotatable bonds is 2. The molecule has 0 radical (unpaired) electrons. The van der Waals surface area contributed by atoms with Gasteiger partial charge < -0.3 is 9.84 Å². The number of hydrogen-bond acceptors (Lipinski definition) is 4. The lowest BCUT2D eigenvalue weighted by Crippen LogP contribution is -2.58. The molecule has 0 heterocycles. The van der Waals surface area contributed by atoms with Crippen LogP contribution in [0.4, 0.5) is 0 Å². The first kappa shape index (κ1) is 20.2. The summed E-state index contributed by atoms with van der Waals surface area (Å²) in [6, 6.07) is 0. The van der Waals surface area contributed by atoms with Gasteiger partial charge in [0.15, 0.2) is 11.4 Å². The molecule has 0 aromatic carbocycles. The Morgan fingerprint density at radius 3 is 2.39 bits per heavy atom. The van der Waals surface area contributed by atoms with E-state index >= 15 is 0 Å². The highest BCUT2D eigenvalue weighted by Gasteiger charge is 2.67. The number of ketones is 1. The van der Waals surface area contributed by atoms with Gasteiger partial charge in [0.1, 0.15) is 0 Å². The summed E-state index contributed by atoms with van der Waals surface area (Å²) in [6.45, 7) is 7.40. The van der Waals surface area contributed by atoms with Crippen molar-refractivity contribution in [2.24, 2.45) is 28.6 Å². The van der Waals surface area contributed by atoms with Gasteiger partial charge in [0.2, 0.25) is 0 Å². The van der Waals surface area contributed by atoms with E-state index in [0.29, 0.717) is 12.3 Å². The summed E-state index contributed by atoms with van der Waals surface area (Å²) < 4.78 is 5.80. The fourth-order valence-corrected chi connectivity index (χ4v) is 7.70. The van der Waals surface area contributed by atoms with Crippen LogP contribution >= 0.6 is 11.6 Å². The van der Waals surface area contributed by atoms with Gasteiger partial charge in [0.25, 0.3) is 0 Å². The van der Waals surface area contributed by atoms with Gasteiger partial charge in [-0.15, -0.1) is 0 Å². The zero-order valence-electron chi connectivity index (χ0n) is 17.3. The lowest BCUT2D eigenvalue weighted by atomic mass is 9.48. The van der Waals surface area contributed by atoms with Crippen molar-refractivity contribution in [3.63, 3.8) is 0 Å². The van der Waals surface area contributed by atoms with Crippen LogP contribution in [0, 0.1) is 28.6 Å². The Hall–Kier alpha value is -1.13. The third-order valence-corrected chi connectivity index (χ3v) is 9.02. The topological polar surface area (TPSA) is 63.6 Å². The first-order valence-corrected chi connectivity index (χ1v) is 10.9. The standard InChI is InChI=1S/C23H31ClO4/c1-13(25)23(28-14(2)26)10-7-18-16-12-20(24)19-11-15(27)5-8-21(19,3)17(16)6-9-22(18,23)4/h11-12,15-18,27H,5-10H2,1-4H3/t15-,16-,17+,18-,21-,22+,23+/m1/s1. The summed E-state index contributed by atoms with van der Waals surface area (Å²) in [4.78, 5) is 24.7. The Bertz CT molecular complexity index is 785. The van der Waals surface area contributed by atoms with Gasteiger partial charge in [-0.3, -0.25) is 9.59 Å². The molecule has 28 heavy (non-hydrogen) atoms. The number of allylic oxidation sites excluding steroid dienone is 3. The smallest absolute Gasteiger partial charge is 0.303 e. The molecule has 0 unspecified atom stereocenters. The molecule has 0 aromatic heterocycles. The highest BCUT2D eigenvalue weighted by Crippen LogP contribution is 2.68. The van der Waals surface area contributed by atoms with E-state index in [4.69, 9.17) is 16.3 Å². The normalized spacial score (nSPS) is 47.2. The molecule has 0 spiro atoms. The minimum Gasteiger partial charge on any atom is -0.451 e. The van der Waals surface area contributed by atoms with Crippen LogP contribution in [-0.4, -0.2) is 28.6 Å². The predicted molar refractivity (Wildman–Crippen MR) is 108 cm³/mol. The molecular formula is C23H31ClO4. The average Bonchev–Trinajstić information content (AvgIpc) is 2.90. The van der Waals surface area contributed by atoms with Crippen molar-refractivity contribution in [3.05, 3.63) is 22.8 Å². The van der Waals surface area contributed by atoms with Gasteiger partial charge in [-0.2, -0.15) is 0 Å². The predicted octanol–water partition coefficient (Wildman–Crippen LogP) is 4.54. The van der Waals surface area contributed by atoms with Gasteiger partial charge in [0, 0.05) is 17.4 Å². The summed E-state index contributed by atoms with van der Waals surface area (Å²) in [5.74, 6) is 0.542. The summed E-state index contributed by atoms with van der Waals surface area (Å²) in [5.41, 5.74) is -0.340. The molecule has 0 aliphatic heterocycles. The van der Waals surface area contributed by atoms with Gasteiger partial charge in [-0.05, 0) is 74.2 Å². The van der Waals surface area contributed by atoms with Gasteiger partial charge in [0.05, 0.1) is 6.10 Å². The van der Waals surface area contributed by atoms with Crippen LogP contribution < -0.4 is 0 Å². The van der Waals surface area contributed by atoms with E-state index in [9.17, 15) is 14.7 Å². The molecule has 0 bridgehead atoms. The minimum absolute atomic E-state index is 0.0374. The SMILES string of the molecule is CC(=O)O[C@]1(C(C)=O)CC[C@@H]2[C@@H]3C=C(Cl)C4=C[C@H](O)CC[C@]4(C)[C@H]3CC[C@@]21C. The van der Waals surface area contributed by atoms with Crippen molar-refractivity contribution in [2.45, 2.75) is 77.9 Å². The Balaban J connectivity index is 1.78. The summed E-state index contributed by atoms with van der Waals surface area (Å²) >= 11 is 6.75. The van der Waals surface area contributed by atoms with E-state index in [1.165, 1.54) is 6.92 Å². The number of Topliss-reactive ketones (excluding diaryl/α,β-unsaturated/α-hetero) is 1. The summed E-state index contributed by atoms with van der Waals surface area (Å²) in [5, 5.41) is 10.9. The highest BCUT2D eigenvalue weighted by atomic mass is 35.5. The zero-order chi connectivity index (χ0) is 20.5. The molecule has 2 saturated carbocycles. The van der Waals surface area contributed by atoms with E-state index in [2.05, 4.69) is 19.9 Å². The lowest BCUT2D eigenvalue weighted by Gasteiger charge is -2.58.